The van der Waals surface area contributed by atoms with Crippen LogP contribution < -0.4 is 10.6 Å². The van der Waals surface area contributed by atoms with Gasteiger partial charge in [-0.05, 0) is 48.4 Å². The molecule has 3 nitrogen and oxygen atoms in total. The van der Waals surface area contributed by atoms with Gasteiger partial charge in [-0.1, -0.05) is 35.9 Å². The molecule has 1 aliphatic rings. The van der Waals surface area contributed by atoms with Crippen LogP contribution in [-0.4, -0.2) is 12.5 Å². The first kappa shape index (κ1) is 14.1. The zero-order chi connectivity index (χ0) is 14.7. The molecule has 0 radical (unpaired) electrons. The molecule has 0 spiro atoms. The van der Waals surface area contributed by atoms with E-state index < -0.39 is 0 Å². The smallest absolute Gasteiger partial charge is 0.226 e. The Morgan fingerprint density at radius 2 is 1.95 bits per heavy atom. The molecule has 1 amide bonds. The highest BCUT2D eigenvalue weighted by atomic mass is 35.5. The number of halogens is 1. The van der Waals surface area contributed by atoms with Gasteiger partial charge in [0.15, 0.2) is 0 Å². The van der Waals surface area contributed by atoms with Gasteiger partial charge in [0.25, 0.3) is 0 Å². The summed E-state index contributed by atoms with van der Waals surface area (Å²) in [5, 5.41) is 6.99. The van der Waals surface area contributed by atoms with Gasteiger partial charge in [-0.3, -0.25) is 4.79 Å². The maximum absolute atomic E-state index is 12.2. The third-order valence-corrected chi connectivity index (χ3v) is 3.99. The Morgan fingerprint density at radius 1 is 1.19 bits per heavy atom. The summed E-state index contributed by atoms with van der Waals surface area (Å²) in [6, 6.07) is 15.6. The van der Waals surface area contributed by atoms with E-state index in [1.807, 2.05) is 18.2 Å². The second-order valence-corrected chi connectivity index (χ2v) is 5.65. The summed E-state index contributed by atoms with van der Waals surface area (Å²) >= 11 is 5.84. The molecule has 2 aromatic rings. The predicted molar refractivity (Wildman–Crippen MR) is 85.6 cm³/mol. The number of hydrogen-bond donors (Lipinski definition) is 2. The van der Waals surface area contributed by atoms with Gasteiger partial charge < -0.3 is 10.6 Å². The Morgan fingerprint density at radius 3 is 2.76 bits per heavy atom. The van der Waals surface area contributed by atoms with Gasteiger partial charge in [0.1, 0.15) is 0 Å². The summed E-state index contributed by atoms with van der Waals surface area (Å²) in [7, 11) is 0. The van der Waals surface area contributed by atoms with Crippen molar-refractivity contribution in [3.63, 3.8) is 0 Å². The van der Waals surface area contributed by atoms with Crippen molar-refractivity contribution in [1.29, 1.82) is 0 Å². The summed E-state index contributed by atoms with van der Waals surface area (Å²) in [6.07, 6.45) is 1.45. The second kappa shape index (κ2) is 6.29. The van der Waals surface area contributed by atoms with E-state index >= 15 is 0 Å². The Hall–Kier alpha value is -1.84. The normalized spacial score (nSPS) is 17.1. The SMILES string of the molecule is O=C(C[C@@H]1NCCc2ccccc21)Nc1ccc(Cl)cc1. The van der Waals surface area contributed by atoms with E-state index in [1.165, 1.54) is 11.1 Å². The van der Waals surface area contributed by atoms with Gasteiger partial charge in [0, 0.05) is 23.2 Å². The van der Waals surface area contributed by atoms with E-state index in [2.05, 4.69) is 28.8 Å². The van der Waals surface area contributed by atoms with Crippen molar-refractivity contribution in [1.82, 2.24) is 5.32 Å². The van der Waals surface area contributed by atoms with Gasteiger partial charge >= 0.3 is 0 Å². The lowest BCUT2D eigenvalue weighted by Gasteiger charge is -2.26. The maximum Gasteiger partial charge on any atom is 0.226 e. The maximum atomic E-state index is 12.2. The Balaban J connectivity index is 1.67. The molecule has 21 heavy (non-hydrogen) atoms. The van der Waals surface area contributed by atoms with E-state index in [1.54, 1.807) is 12.1 Å². The Labute approximate surface area is 129 Å². The van der Waals surface area contributed by atoms with Crippen LogP contribution in [0.5, 0.6) is 0 Å². The molecule has 3 rings (SSSR count). The van der Waals surface area contributed by atoms with Crippen LogP contribution in [0.15, 0.2) is 48.5 Å². The highest BCUT2D eigenvalue weighted by molar-refractivity contribution is 6.30. The van der Waals surface area contributed by atoms with E-state index in [0.717, 1.165) is 18.7 Å². The minimum Gasteiger partial charge on any atom is -0.326 e. The number of fused-ring (bicyclic) bond motifs is 1. The highest BCUT2D eigenvalue weighted by Gasteiger charge is 2.21. The largest absolute Gasteiger partial charge is 0.326 e. The first-order valence-electron chi connectivity index (χ1n) is 7.09. The van der Waals surface area contributed by atoms with E-state index in [0.29, 0.717) is 11.4 Å². The fraction of sp³-hybridized carbons (Fsp3) is 0.235. The van der Waals surface area contributed by atoms with Crippen molar-refractivity contribution in [3.8, 4) is 0 Å². The van der Waals surface area contributed by atoms with Crippen LogP contribution in [0, 0.1) is 0 Å². The fourth-order valence-electron chi connectivity index (χ4n) is 2.71. The van der Waals surface area contributed by atoms with Crippen molar-refractivity contribution in [2.75, 3.05) is 11.9 Å². The second-order valence-electron chi connectivity index (χ2n) is 5.21. The molecule has 4 heteroatoms. The summed E-state index contributed by atoms with van der Waals surface area (Å²) in [6.45, 7) is 0.913. The number of hydrogen-bond acceptors (Lipinski definition) is 2. The molecule has 2 aromatic carbocycles. The number of anilines is 1. The summed E-state index contributed by atoms with van der Waals surface area (Å²) in [4.78, 5) is 12.2. The molecule has 0 saturated heterocycles. The molecule has 0 aliphatic carbocycles. The average molecular weight is 301 g/mol. The lowest BCUT2D eigenvalue weighted by molar-refractivity contribution is -0.116. The molecule has 0 unspecified atom stereocenters. The fourth-order valence-corrected chi connectivity index (χ4v) is 2.83. The van der Waals surface area contributed by atoms with Gasteiger partial charge in [-0.15, -0.1) is 0 Å². The van der Waals surface area contributed by atoms with E-state index in [9.17, 15) is 4.79 Å². The number of nitrogens with one attached hydrogen (secondary N) is 2. The quantitative estimate of drug-likeness (QED) is 0.910. The van der Waals surface area contributed by atoms with Crippen LogP contribution in [0.2, 0.25) is 5.02 Å². The van der Waals surface area contributed by atoms with E-state index in [-0.39, 0.29) is 11.9 Å². The lowest BCUT2D eigenvalue weighted by atomic mass is 9.92. The number of carbonyl (C=O) groups is 1. The summed E-state index contributed by atoms with van der Waals surface area (Å²) in [5.74, 6) is 0.00604. The molecule has 108 valence electrons. The van der Waals surface area contributed by atoms with Crippen LogP contribution >= 0.6 is 11.6 Å². The molecular formula is C17H17ClN2O. The van der Waals surface area contributed by atoms with Gasteiger partial charge in [0.2, 0.25) is 5.91 Å². The van der Waals surface area contributed by atoms with Crippen LogP contribution in [0.25, 0.3) is 0 Å². The number of amides is 1. The molecule has 2 N–H and O–H groups in total. The van der Waals surface area contributed by atoms with Crippen molar-refractivity contribution in [2.24, 2.45) is 0 Å². The zero-order valence-electron chi connectivity index (χ0n) is 11.6. The predicted octanol–water partition coefficient (Wildman–Crippen LogP) is 3.56. The molecule has 1 aliphatic heterocycles. The van der Waals surface area contributed by atoms with Gasteiger partial charge in [-0.25, -0.2) is 0 Å². The molecule has 0 fully saturated rings. The lowest BCUT2D eigenvalue weighted by Crippen LogP contribution is -2.32. The van der Waals surface area contributed by atoms with Crippen LogP contribution in [0.3, 0.4) is 0 Å². The van der Waals surface area contributed by atoms with Gasteiger partial charge in [0.05, 0.1) is 0 Å². The van der Waals surface area contributed by atoms with Crippen molar-refractivity contribution in [3.05, 3.63) is 64.7 Å². The number of rotatable bonds is 3. The molecule has 0 aromatic heterocycles. The summed E-state index contributed by atoms with van der Waals surface area (Å²) < 4.78 is 0. The third kappa shape index (κ3) is 3.43. The number of benzene rings is 2. The first-order chi connectivity index (χ1) is 10.2. The molecular weight excluding hydrogens is 284 g/mol. The van der Waals surface area contributed by atoms with Crippen molar-refractivity contribution < 1.29 is 4.79 Å². The average Bonchev–Trinajstić information content (AvgIpc) is 2.50. The first-order valence-corrected chi connectivity index (χ1v) is 7.47. The van der Waals surface area contributed by atoms with E-state index in [4.69, 9.17) is 11.6 Å². The van der Waals surface area contributed by atoms with Crippen LogP contribution in [0.1, 0.15) is 23.6 Å². The standard InChI is InChI=1S/C17H17ClN2O/c18-13-5-7-14(8-6-13)20-17(21)11-16-15-4-2-1-3-12(15)9-10-19-16/h1-8,16,19H,9-11H2,(H,20,21)/t16-/m0/s1. The summed E-state index contributed by atoms with van der Waals surface area (Å²) in [5.41, 5.74) is 3.34. The minimum absolute atomic E-state index is 0.00604. The highest BCUT2D eigenvalue weighted by Crippen LogP contribution is 2.25. The molecule has 0 bridgehead atoms. The molecule has 0 saturated carbocycles. The molecule has 1 heterocycles. The zero-order valence-corrected chi connectivity index (χ0v) is 12.4. The topological polar surface area (TPSA) is 41.1 Å². The minimum atomic E-state index is 0.00604. The third-order valence-electron chi connectivity index (χ3n) is 3.73. The number of carbonyl (C=O) groups excluding carboxylic acids is 1. The molecule has 1 atom stereocenters. The van der Waals surface area contributed by atoms with Crippen LogP contribution in [0.4, 0.5) is 5.69 Å². The Kier molecular flexibility index (Phi) is 4.23. The van der Waals surface area contributed by atoms with Gasteiger partial charge in [-0.2, -0.15) is 0 Å². The Bertz CT molecular complexity index is 639. The van der Waals surface area contributed by atoms with Crippen LogP contribution in [-0.2, 0) is 11.2 Å². The van der Waals surface area contributed by atoms with Crippen molar-refractivity contribution >= 4 is 23.2 Å². The van der Waals surface area contributed by atoms with Crippen molar-refractivity contribution in [2.45, 2.75) is 18.9 Å². The monoisotopic (exact) mass is 300 g/mol.